The Morgan fingerprint density at radius 1 is 1.15 bits per heavy atom. The second-order valence-corrected chi connectivity index (χ2v) is 4.10. The van der Waals surface area contributed by atoms with Crippen LogP contribution >= 0.6 is 24.4 Å². The molecule has 72 valence electrons. The highest BCUT2D eigenvalue weighted by Gasteiger charge is 2.00. The molecule has 0 aliphatic rings. The van der Waals surface area contributed by atoms with Crippen LogP contribution < -0.4 is 11.5 Å². The highest BCUT2D eigenvalue weighted by atomic mass is 32.2. The first-order valence-corrected chi connectivity index (χ1v) is 5.45. The first-order chi connectivity index (χ1) is 6.22. The van der Waals surface area contributed by atoms with E-state index < -0.39 is 0 Å². The molecule has 1 aromatic rings. The molecule has 5 nitrogen and oxygen atoms in total. The van der Waals surface area contributed by atoms with Gasteiger partial charge in [-0.3, -0.25) is 0 Å². The summed E-state index contributed by atoms with van der Waals surface area (Å²) in [6.45, 7) is 0. The van der Waals surface area contributed by atoms with Crippen molar-refractivity contribution < 1.29 is 0 Å². The van der Waals surface area contributed by atoms with Crippen molar-refractivity contribution in [2.45, 2.75) is 6.42 Å². The van der Waals surface area contributed by atoms with Crippen molar-refractivity contribution in [2.24, 2.45) is 0 Å². The lowest BCUT2D eigenvalue weighted by atomic mass is 10.4. The molecule has 0 aromatic carbocycles. The van der Waals surface area contributed by atoms with Crippen LogP contribution in [0.25, 0.3) is 0 Å². The van der Waals surface area contributed by atoms with Crippen molar-refractivity contribution in [1.82, 2.24) is 15.0 Å². The molecule has 0 spiro atoms. The zero-order valence-corrected chi connectivity index (χ0v) is 8.68. The molecule has 13 heavy (non-hydrogen) atoms. The number of thioether (sulfide) groups is 1. The zero-order chi connectivity index (χ0) is 9.68. The minimum absolute atomic E-state index is 0.179. The number of nitrogens with zero attached hydrogens (tertiary/aromatic N) is 3. The fourth-order valence-corrected chi connectivity index (χ4v) is 1.64. The Kier molecular flexibility index (Phi) is 4.10. The van der Waals surface area contributed by atoms with Gasteiger partial charge in [0.1, 0.15) is 5.82 Å². The molecular formula is C6H11N5S2. The summed E-state index contributed by atoms with van der Waals surface area (Å²) >= 11 is 5.76. The van der Waals surface area contributed by atoms with Crippen molar-refractivity contribution >= 4 is 36.3 Å². The van der Waals surface area contributed by atoms with Gasteiger partial charge in [0.15, 0.2) is 0 Å². The summed E-state index contributed by atoms with van der Waals surface area (Å²) in [6, 6.07) is 0. The molecule has 0 bridgehead atoms. The molecule has 0 saturated carbocycles. The van der Waals surface area contributed by atoms with Gasteiger partial charge in [-0.1, -0.05) is 0 Å². The van der Waals surface area contributed by atoms with E-state index in [0.29, 0.717) is 5.82 Å². The summed E-state index contributed by atoms with van der Waals surface area (Å²) in [5.74, 6) is 1.91. The van der Waals surface area contributed by atoms with Gasteiger partial charge in [-0.25, -0.2) is 0 Å². The third-order valence-electron chi connectivity index (χ3n) is 1.28. The highest BCUT2D eigenvalue weighted by Crippen LogP contribution is 2.06. The summed E-state index contributed by atoms with van der Waals surface area (Å²) in [5.41, 5.74) is 10.8. The van der Waals surface area contributed by atoms with E-state index in [4.69, 9.17) is 11.5 Å². The van der Waals surface area contributed by atoms with Crippen molar-refractivity contribution in [3.05, 3.63) is 5.82 Å². The Hall–Kier alpha value is -0.690. The van der Waals surface area contributed by atoms with Crippen molar-refractivity contribution in [1.29, 1.82) is 0 Å². The lowest BCUT2D eigenvalue weighted by Gasteiger charge is -2.00. The van der Waals surface area contributed by atoms with E-state index in [9.17, 15) is 0 Å². The Labute approximate surface area is 86.1 Å². The van der Waals surface area contributed by atoms with Crippen LogP contribution in [0.15, 0.2) is 0 Å². The van der Waals surface area contributed by atoms with Crippen molar-refractivity contribution in [3.8, 4) is 0 Å². The lowest BCUT2D eigenvalue weighted by Crippen LogP contribution is -2.07. The minimum atomic E-state index is 0.179. The second kappa shape index (κ2) is 5.13. The molecule has 1 heterocycles. The van der Waals surface area contributed by atoms with E-state index in [0.717, 1.165) is 17.3 Å². The normalized spacial score (nSPS) is 10.2. The van der Waals surface area contributed by atoms with Crippen LogP contribution in [0.1, 0.15) is 5.82 Å². The standard InChI is InChI=1S/C6H11N5S2/c7-5-9-4(1-2-13-3-12)10-6(8)11-5/h12H,1-3H2,(H4,7,8,9,10,11). The number of nitrogen functional groups attached to an aromatic ring is 2. The maximum absolute atomic E-state index is 5.40. The van der Waals surface area contributed by atoms with Crippen LogP contribution in [0.5, 0.6) is 0 Å². The van der Waals surface area contributed by atoms with Gasteiger partial charge < -0.3 is 11.5 Å². The smallest absolute Gasteiger partial charge is 0.225 e. The molecule has 0 aliphatic heterocycles. The Bertz CT molecular complexity index is 259. The topological polar surface area (TPSA) is 90.7 Å². The molecule has 1 rings (SSSR count). The number of aromatic nitrogens is 3. The van der Waals surface area contributed by atoms with Crippen LogP contribution in [0.4, 0.5) is 11.9 Å². The molecule has 0 fully saturated rings. The molecule has 0 atom stereocenters. The number of anilines is 2. The first-order valence-electron chi connectivity index (χ1n) is 3.67. The third kappa shape index (κ3) is 3.69. The van der Waals surface area contributed by atoms with Gasteiger partial charge in [0, 0.05) is 17.3 Å². The van der Waals surface area contributed by atoms with E-state index in [1.165, 1.54) is 0 Å². The van der Waals surface area contributed by atoms with Crippen LogP contribution in [-0.4, -0.2) is 25.8 Å². The quantitative estimate of drug-likeness (QED) is 0.379. The summed E-state index contributed by atoms with van der Waals surface area (Å²) in [7, 11) is 0. The summed E-state index contributed by atoms with van der Waals surface area (Å²) in [6.07, 6.45) is 0.738. The number of rotatable bonds is 4. The van der Waals surface area contributed by atoms with Gasteiger partial charge in [0.2, 0.25) is 11.9 Å². The fourth-order valence-electron chi connectivity index (χ4n) is 0.797. The third-order valence-corrected chi connectivity index (χ3v) is 2.50. The van der Waals surface area contributed by atoms with E-state index in [2.05, 4.69) is 27.6 Å². The molecule has 1 aromatic heterocycles. The summed E-state index contributed by atoms with van der Waals surface area (Å²) < 4.78 is 0. The van der Waals surface area contributed by atoms with E-state index in [1.54, 1.807) is 11.8 Å². The fraction of sp³-hybridized carbons (Fsp3) is 0.500. The largest absolute Gasteiger partial charge is 0.368 e. The lowest BCUT2D eigenvalue weighted by molar-refractivity contribution is 0.923. The van der Waals surface area contributed by atoms with E-state index in [1.807, 2.05) is 0 Å². The molecule has 0 unspecified atom stereocenters. The van der Waals surface area contributed by atoms with Gasteiger partial charge in [0.05, 0.1) is 0 Å². The van der Waals surface area contributed by atoms with Gasteiger partial charge in [-0.2, -0.15) is 39.3 Å². The molecule has 7 heteroatoms. The summed E-state index contributed by atoms with van der Waals surface area (Å²) in [5, 5.41) is 0.788. The molecule has 0 aliphatic carbocycles. The molecule has 4 N–H and O–H groups in total. The maximum atomic E-state index is 5.40. The Balaban J connectivity index is 2.56. The number of aryl methyl sites for hydroxylation is 1. The number of nitrogens with two attached hydrogens (primary N) is 2. The van der Waals surface area contributed by atoms with Crippen molar-refractivity contribution in [2.75, 3.05) is 22.3 Å². The zero-order valence-electron chi connectivity index (χ0n) is 6.97. The number of hydrogen-bond donors (Lipinski definition) is 3. The Morgan fingerprint density at radius 3 is 2.31 bits per heavy atom. The summed E-state index contributed by atoms with van der Waals surface area (Å²) in [4.78, 5) is 11.6. The predicted octanol–water partition coefficient (Wildman–Crippen LogP) is 0.199. The molecule has 0 saturated heterocycles. The van der Waals surface area contributed by atoms with Crippen molar-refractivity contribution in [3.63, 3.8) is 0 Å². The van der Waals surface area contributed by atoms with Gasteiger partial charge in [-0.05, 0) is 0 Å². The van der Waals surface area contributed by atoms with E-state index in [-0.39, 0.29) is 11.9 Å². The second-order valence-electron chi connectivity index (χ2n) is 2.26. The average molecular weight is 217 g/mol. The Morgan fingerprint density at radius 2 is 1.77 bits per heavy atom. The molecular weight excluding hydrogens is 206 g/mol. The first kappa shape index (κ1) is 10.4. The van der Waals surface area contributed by atoms with Gasteiger partial charge >= 0.3 is 0 Å². The number of hydrogen-bond acceptors (Lipinski definition) is 7. The van der Waals surface area contributed by atoms with Gasteiger partial charge in [0.25, 0.3) is 0 Å². The predicted molar refractivity (Wildman–Crippen MR) is 58.7 cm³/mol. The minimum Gasteiger partial charge on any atom is -0.368 e. The van der Waals surface area contributed by atoms with E-state index >= 15 is 0 Å². The SMILES string of the molecule is Nc1nc(N)nc(CCSCS)n1. The molecule has 0 amide bonds. The maximum Gasteiger partial charge on any atom is 0.225 e. The van der Waals surface area contributed by atoms with Crippen LogP contribution in [0.2, 0.25) is 0 Å². The van der Waals surface area contributed by atoms with Crippen LogP contribution in [0.3, 0.4) is 0 Å². The van der Waals surface area contributed by atoms with Gasteiger partial charge in [-0.15, -0.1) is 0 Å². The number of thiol groups is 1. The monoisotopic (exact) mass is 217 g/mol. The molecule has 0 radical (unpaired) electrons. The van der Waals surface area contributed by atoms with Crippen LogP contribution in [-0.2, 0) is 6.42 Å². The van der Waals surface area contributed by atoms with Crippen LogP contribution in [0, 0.1) is 0 Å². The highest BCUT2D eigenvalue weighted by molar-refractivity contribution is 8.09. The average Bonchev–Trinajstić information content (AvgIpc) is 2.03.